The molecule has 2 fully saturated rings. The minimum Gasteiger partial charge on any atom is -0.481 e. The summed E-state index contributed by atoms with van der Waals surface area (Å²) >= 11 is 0. The molecule has 2 aliphatic rings. The molecule has 0 aromatic carbocycles. The molecule has 7 atom stereocenters. The lowest BCUT2D eigenvalue weighted by atomic mass is 9.65. The van der Waals surface area contributed by atoms with Crippen LogP contribution < -0.4 is 0 Å². The van der Waals surface area contributed by atoms with Crippen LogP contribution >= 0.6 is 0 Å². The van der Waals surface area contributed by atoms with E-state index >= 15 is 0 Å². The van der Waals surface area contributed by atoms with Crippen LogP contribution in [0.1, 0.15) is 52.9 Å². The van der Waals surface area contributed by atoms with Crippen molar-refractivity contribution in [2.24, 2.45) is 46.8 Å². The summed E-state index contributed by atoms with van der Waals surface area (Å²) in [5.74, 6) is -4.90. The Balaban J connectivity index is 2.16. The summed E-state index contributed by atoms with van der Waals surface area (Å²) in [6.45, 7) is 5.17. The fourth-order valence-corrected chi connectivity index (χ4v) is 5.66. The minimum absolute atomic E-state index is 0.00588. The Hall–Kier alpha value is -1.67. The van der Waals surface area contributed by atoms with Gasteiger partial charge in [-0.3, -0.25) is 9.59 Å². The molecule has 0 aromatic heterocycles. The van der Waals surface area contributed by atoms with Crippen LogP contribution in [0.25, 0.3) is 0 Å². The van der Waals surface area contributed by atoms with Gasteiger partial charge in [0.15, 0.2) is 0 Å². The summed E-state index contributed by atoms with van der Waals surface area (Å²) in [4.78, 5) is 39.5. The SMILES string of the molecule is CC1C2CC(CO)C(C2)C1C(C(=O)O)C(CCCC(C)(C)C(=O)OO)C(=O)O. The first-order valence-corrected chi connectivity index (χ1v) is 9.97. The topological polar surface area (TPSA) is 141 Å². The average Bonchev–Trinajstić information content (AvgIpc) is 3.18. The van der Waals surface area contributed by atoms with E-state index in [9.17, 15) is 29.7 Å². The van der Waals surface area contributed by atoms with Crippen molar-refractivity contribution in [1.29, 1.82) is 0 Å². The van der Waals surface area contributed by atoms with E-state index in [1.54, 1.807) is 13.8 Å². The fraction of sp³-hybridized carbons (Fsp3) is 0.850. The molecule has 8 nitrogen and oxygen atoms in total. The van der Waals surface area contributed by atoms with E-state index in [0.717, 1.165) is 12.8 Å². The smallest absolute Gasteiger partial charge is 0.347 e. The van der Waals surface area contributed by atoms with Crippen molar-refractivity contribution < 1.29 is 39.8 Å². The van der Waals surface area contributed by atoms with Crippen molar-refractivity contribution in [1.82, 2.24) is 0 Å². The Morgan fingerprint density at radius 1 is 1.14 bits per heavy atom. The van der Waals surface area contributed by atoms with Crippen LogP contribution in [0.15, 0.2) is 0 Å². The van der Waals surface area contributed by atoms with Crippen molar-refractivity contribution in [2.45, 2.75) is 52.9 Å². The molecule has 4 N–H and O–H groups in total. The Kier molecular flexibility index (Phi) is 7.09. The van der Waals surface area contributed by atoms with Crippen molar-refractivity contribution in [3.63, 3.8) is 0 Å². The number of carboxylic acid groups (broad SMARTS) is 2. The molecule has 0 aliphatic heterocycles. The predicted octanol–water partition coefficient (Wildman–Crippen LogP) is 2.50. The third kappa shape index (κ3) is 4.33. The molecule has 0 saturated heterocycles. The largest absolute Gasteiger partial charge is 0.481 e. The lowest BCUT2D eigenvalue weighted by molar-refractivity contribution is -0.244. The third-order valence-electron chi connectivity index (χ3n) is 7.27. The van der Waals surface area contributed by atoms with E-state index in [-0.39, 0.29) is 43.1 Å². The summed E-state index contributed by atoms with van der Waals surface area (Å²) in [5.41, 5.74) is -0.988. The average molecular weight is 400 g/mol. The number of carboxylic acids is 2. The highest BCUT2D eigenvalue weighted by atomic mass is 17.1. The van der Waals surface area contributed by atoms with Crippen LogP contribution in [-0.4, -0.2) is 45.1 Å². The van der Waals surface area contributed by atoms with Gasteiger partial charge in [0, 0.05) is 6.61 Å². The Morgan fingerprint density at radius 2 is 1.79 bits per heavy atom. The third-order valence-corrected chi connectivity index (χ3v) is 7.27. The highest BCUT2D eigenvalue weighted by Crippen LogP contribution is 2.58. The zero-order valence-electron chi connectivity index (χ0n) is 16.7. The van der Waals surface area contributed by atoms with Crippen LogP contribution in [0.4, 0.5) is 0 Å². The number of rotatable bonds is 10. The fourth-order valence-electron chi connectivity index (χ4n) is 5.66. The first kappa shape index (κ1) is 22.6. The molecular formula is C20H32O8. The highest BCUT2D eigenvalue weighted by molar-refractivity contribution is 5.80. The number of fused-ring (bicyclic) bond motifs is 2. The molecule has 2 bridgehead atoms. The number of hydrogen-bond acceptors (Lipinski definition) is 6. The molecule has 2 aliphatic carbocycles. The lowest BCUT2D eigenvalue weighted by Crippen LogP contribution is -2.43. The normalized spacial score (nSPS) is 31.4. The maximum atomic E-state index is 12.1. The Bertz CT molecular complexity index is 601. The molecule has 8 heteroatoms. The monoisotopic (exact) mass is 400 g/mol. The van der Waals surface area contributed by atoms with Gasteiger partial charge in [-0.25, -0.2) is 4.79 Å². The first-order chi connectivity index (χ1) is 13.0. The van der Waals surface area contributed by atoms with Crippen molar-refractivity contribution in [2.75, 3.05) is 6.61 Å². The van der Waals surface area contributed by atoms with E-state index in [2.05, 4.69) is 4.89 Å². The van der Waals surface area contributed by atoms with E-state index < -0.39 is 35.2 Å². The van der Waals surface area contributed by atoms with Gasteiger partial charge in [0.05, 0.1) is 17.3 Å². The Labute approximate surface area is 164 Å². The van der Waals surface area contributed by atoms with Crippen molar-refractivity contribution in [3.05, 3.63) is 0 Å². The van der Waals surface area contributed by atoms with Crippen LogP contribution in [0, 0.1) is 46.8 Å². The van der Waals surface area contributed by atoms with E-state index in [0.29, 0.717) is 12.3 Å². The first-order valence-electron chi connectivity index (χ1n) is 9.97. The quantitative estimate of drug-likeness (QED) is 0.324. The standard InChI is InChI=1S/C20H32O8/c1-10-11-7-12(9-21)14(8-11)15(10)16(18(24)25)13(17(22)23)5-4-6-20(2,3)19(26)28-27/h10-16,21,27H,4-9H2,1-3H3,(H,22,23)(H,24,25). The zero-order valence-corrected chi connectivity index (χ0v) is 16.7. The maximum Gasteiger partial charge on any atom is 0.347 e. The lowest BCUT2D eigenvalue weighted by Gasteiger charge is -2.39. The molecule has 0 spiro atoms. The molecule has 2 rings (SSSR count). The van der Waals surface area contributed by atoms with Crippen molar-refractivity contribution in [3.8, 4) is 0 Å². The minimum atomic E-state index is -1.15. The summed E-state index contributed by atoms with van der Waals surface area (Å²) in [6.07, 6.45) is 2.44. The van der Waals surface area contributed by atoms with Gasteiger partial charge < -0.3 is 20.2 Å². The molecule has 0 heterocycles. The molecule has 0 radical (unpaired) electrons. The van der Waals surface area contributed by atoms with Crippen LogP contribution in [0.2, 0.25) is 0 Å². The molecule has 0 aromatic rings. The van der Waals surface area contributed by atoms with Gasteiger partial charge in [-0.15, -0.1) is 0 Å². The molecule has 160 valence electrons. The van der Waals surface area contributed by atoms with E-state index in [1.165, 1.54) is 0 Å². The van der Waals surface area contributed by atoms with Crippen LogP contribution in [-0.2, 0) is 19.3 Å². The summed E-state index contributed by atoms with van der Waals surface area (Å²) in [6, 6.07) is 0. The second-order valence-corrected chi connectivity index (χ2v) is 9.24. The number of aliphatic hydroxyl groups is 1. The Morgan fingerprint density at radius 3 is 2.25 bits per heavy atom. The van der Waals surface area contributed by atoms with Crippen molar-refractivity contribution >= 4 is 17.9 Å². The van der Waals surface area contributed by atoms with E-state index in [1.807, 2.05) is 6.92 Å². The molecule has 7 unspecified atom stereocenters. The summed E-state index contributed by atoms with van der Waals surface area (Å²) < 4.78 is 0. The highest BCUT2D eigenvalue weighted by Gasteiger charge is 2.56. The van der Waals surface area contributed by atoms with Gasteiger partial charge in [-0.1, -0.05) is 13.3 Å². The van der Waals surface area contributed by atoms with Gasteiger partial charge in [0.2, 0.25) is 0 Å². The van der Waals surface area contributed by atoms with Crippen LogP contribution in [0.5, 0.6) is 0 Å². The van der Waals surface area contributed by atoms with Crippen LogP contribution in [0.3, 0.4) is 0 Å². The van der Waals surface area contributed by atoms with Gasteiger partial charge in [0.1, 0.15) is 0 Å². The van der Waals surface area contributed by atoms with Gasteiger partial charge >= 0.3 is 17.9 Å². The van der Waals surface area contributed by atoms with Gasteiger partial charge in [-0.2, -0.15) is 5.26 Å². The summed E-state index contributed by atoms with van der Waals surface area (Å²) in [7, 11) is 0. The second-order valence-electron chi connectivity index (χ2n) is 9.24. The number of hydrogen-bond donors (Lipinski definition) is 4. The molecular weight excluding hydrogens is 368 g/mol. The number of carbonyl (C=O) groups excluding carboxylic acids is 1. The number of aliphatic hydroxyl groups excluding tert-OH is 1. The van der Waals surface area contributed by atoms with Gasteiger partial charge in [-0.05, 0) is 69.1 Å². The summed E-state index contributed by atoms with van der Waals surface area (Å²) in [5, 5.41) is 37.9. The maximum absolute atomic E-state index is 12.1. The molecule has 2 saturated carbocycles. The number of aliphatic carboxylic acids is 2. The molecule has 0 amide bonds. The predicted molar refractivity (Wildman–Crippen MR) is 98.0 cm³/mol. The number of carbonyl (C=O) groups is 3. The second kappa shape index (κ2) is 8.78. The zero-order chi connectivity index (χ0) is 21.2. The van der Waals surface area contributed by atoms with E-state index in [4.69, 9.17) is 5.26 Å². The van der Waals surface area contributed by atoms with Gasteiger partial charge in [0.25, 0.3) is 0 Å². The molecule has 28 heavy (non-hydrogen) atoms.